The molecule has 0 saturated heterocycles. The smallest absolute Gasteiger partial charge is 0.387 e. The van der Waals surface area contributed by atoms with Crippen molar-refractivity contribution in [1.82, 2.24) is 5.32 Å². The number of carbonyl (C=O) groups is 1. The van der Waals surface area contributed by atoms with Crippen molar-refractivity contribution < 1.29 is 28.4 Å². The Labute approximate surface area is 301 Å². The van der Waals surface area contributed by atoms with Crippen LogP contribution in [-0.2, 0) is 18.4 Å². The number of rotatable bonds is 37. The van der Waals surface area contributed by atoms with E-state index in [1.165, 1.54) is 128 Å². The van der Waals surface area contributed by atoms with Gasteiger partial charge in [0.25, 0.3) is 0 Å². The van der Waals surface area contributed by atoms with E-state index in [0.29, 0.717) is 6.42 Å². The summed E-state index contributed by atoms with van der Waals surface area (Å²) in [5.41, 5.74) is 5.34. The number of phosphoric ester groups is 1. The van der Waals surface area contributed by atoms with Crippen molar-refractivity contribution in [3.8, 4) is 0 Å². The lowest BCUT2D eigenvalue weighted by Crippen LogP contribution is -2.45. The zero-order valence-corrected chi connectivity index (χ0v) is 32.6. The Morgan fingerprint density at radius 3 is 1.61 bits per heavy atom. The molecule has 1 amide bonds. The van der Waals surface area contributed by atoms with Crippen LogP contribution in [0.1, 0.15) is 181 Å². The highest BCUT2D eigenvalue weighted by atomic mass is 31.2. The Balaban J connectivity index is 4.13. The number of hydrogen-bond donors (Lipinski definition) is 4. The van der Waals surface area contributed by atoms with Crippen LogP contribution in [0.5, 0.6) is 0 Å². The maximum Gasteiger partial charge on any atom is 0.472 e. The van der Waals surface area contributed by atoms with E-state index in [4.69, 9.17) is 14.8 Å². The van der Waals surface area contributed by atoms with Crippen LogP contribution >= 0.6 is 7.82 Å². The second kappa shape index (κ2) is 36.5. The molecule has 8 nitrogen and oxygen atoms in total. The number of aliphatic hydroxyl groups excluding tert-OH is 1. The summed E-state index contributed by atoms with van der Waals surface area (Å²) < 4.78 is 22.0. The molecule has 49 heavy (non-hydrogen) atoms. The zero-order chi connectivity index (χ0) is 36.1. The van der Waals surface area contributed by atoms with E-state index < -0.39 is 20.0 Å². The van der Waals surface area contributed by atoms with E-state index in [2.05, 4.69) is 37.4 Å². The molecule has 288 valence electrons. The van der Waals surface area contributed by atoms with Gasteiger partial charge in [0, 0.05) is 13.0 Å². The third-order valence-corrected chi connectivity index (χ3v) is 9.73. The van der Waals surface area contributed by atoms with Crippen molar-refractivity contribution in [2.45, 2.75) is 193 Å². The summed E-state index contributed by atoms with van der Waals surface area (Å²) in [7, 11) is -4.34. The maximum absolute atomic E-state index is 12.7. The van der Waals surface area contributed by atoms with E-state index >= 15 is 0 Å². The van der Waals surface area contributed by atoms with Gasteiger partial charge in [0.1, 0.15) is 0 Å². The molecule has 0 saturated carbocycles. The van der Waals surface area contributed by atoms with E-state index in [1.807, 2.05) is 6.08 Å². The van der Waals surface area contributed by atoms with Gasteiger partial charge in [-0.1, -0.05) is 166 Å². The SMILES string of the molecule is CCCCCCC/C=C/C=C/[C@@H](O)[C@H](COP(=O)(O)OCCN)NC(=O)CCCCCCCCCCCCC/C=C\CCCCCCCC. The average Bonchev–Trinajstić information content (AvgIpc) is 3.09. The normalized spacial score (nSPS) is 14.6. The summed E-state index contributed by atoms with van der Waals surface area (Å²) in [4.78, 5) is 22.6. The number of unbranched alkanes of at least 4 members (excludes halogenated alkanes) is 22. The molecule has 0 radical (unpaired) electrons. The Morgan fingerprint density at radius 2 is 1.12 bits per heavy atom. The highest BCUT2D eigenvalue weighted by Gasteiger charge is 2.26. The van der Waals surface area contributed by atoms with Crippen LogP contribution in [0.15, 0.2) is 36.5 Å². The van der Waals surface area contributed by atoms with E-state index in [1.54, 1.807) is 12.2 Å². The molecular formula is C40H77N2O6P. The Hall–Kier alpha value is -1.28. The van der Waals surface area contributed by atoms with Crippen molar-refractivity contribution in [3.05, 3.63) is 36.5 Å². The lowest BCUT2D eigenvalue weighted by molar-refractivity contribution is -0.123. The monoisotopic (exact) mass is 713 g/mol. The third-order valence-electron chi connectivity index (χ3n) is 8.74. The van der Waals surface area contributed by atoms with E-state index in [0.717, 1.165) is 32.1 Å². The number of carbonyl (C=O) groups excluding carboxylic acids is 1. The van der Waals surface area contributed by atoms with Gasteiger partial charge in [-0.15, -0.1) is 0 Å². The standard InChI is InChI=1S/C40H77N2O6P/c1-3-5-7-9-11-13-14-15-16-17-18-19-20-21-22-23-24-26-28-30-32-34-40(44)42-38(37-48-49(45,46)47-36-35-41)39(43)33-31-29-27-25-12-10-8-6-4-2/h15-16,27,29,31,33,38-39,43H,3-14,17-26,28,30,32,34-37,41H2,1-2H3,(H,42,44)(H,45,46)/b16-15-,29-27+,33-31+/t38-,39+/m0/s1. The van der Waals surface area contributed by atoms with Crippen molar-refractivity contribution in [3.63, 3.8) is 0 Å². The molecule has 0 rings (SSSR count). The van der Waals surface area contributed by atoms with Gasteiger partial charge in [0.15, 0.2) is 0 Å². The molecule has 0 aliphatic carbocycles. The number of amides is 1. The molecule has 0 aromatic rings. The lowest BCUT2D eigenvalue weighted by atomic mass is 10.0. The predicted molar refractivity (Wildman–Crippen MR) is 208 cm³/mol. The second-order valence-corrected chi connectivity index (χ2v) is 15.0. The molecule has 0 spiro atoms. The molecule has 9 heteroatoms. The molecule has 3 atom stereocenters. The lowest BCUT2D eigenvalue weighted by Gasteiger charge is -2.23. The summed E-state index contributed by atoms with van der Waals surface area (Å²) in [5.74, 6) is -0.215. The van der Waals surface area contributed by atoms with Gasteiger partial charge in [-0.25, -0.2) is 4.57 Å². The number of allylic oxidation sites excluding steroid dienone is 5. The van der Waals surface area contributed by atoms with Crippen LogP contribution in [0.2, 0.25) is 0 Å². The second-order valence-electron chi connectivity index (χ2n) is 13.5. The first-order chi connectivity index (χ1) is 23.9. The Kier molecular flexibility index (Phi) is 35.6. The number of phosphoric acid groups is 1. The molecule has 0 fully saturated rings. The van der Waals surface area contributed by atoms with Crippen molar-refractivity contribution >= 4 is 13.7 Å². The molecule has 0 aliphatic heterocycles. The molecule has 0 bridgehead atoms. The molecule has 0 aromatic heterocycles. The number of hydrogen-bond acceptors (Lipinski definition) is 6. The average molecular weight is 713 g/mol. The summed E-state index contributed by atoms with van der Waals surface area (Å²) in [6.45, 7) is 4.04. The largest absolute Gasteiger partial charge is 0.472 e. The summed E-state index contributed by atoms with van der Waals surface area (Å²) >= 11 is 0. The van der Waals surface area contributed by atoms with E-state index in [-0.39, 0.29) is 25.7 Å². The molecule has 0 heterocycles. The van der Waals surface area contributed by atoms with Crippen LogP contribution in [-0.4, -0.2) is 47.8 Å². The molecule has 0 aromatic carbocycles. The van der Waals surface area contributed by atoms with Crippen LogP contribution in [0.3, 0.4) is 0 Å². The fourth-order valence-electron chi connectivity index (χ4n) is 5.65. The first-order valence-electron chi connectivity index (χ1n) is 20.1. The molecule has 5 N–H and O–H groups in total. The van der Waals surface area contributed by atoms with Gasteiger partial charge in [0.2, 0.25) is 5.91 Å². The number of aliphatic hydroxyl groups is 1. The highest BCUT2D eigenvalue weighted by Crippen LogP contribution is 2.43. The van der Waals surface area contributed by atoms with Crippen LogP contribution < -0.4 is 11.1 Å². The topological polar surface area (TPSA) is 131 Å². The Morgan fingerprint density at radius 1 is 0.673 bits per heavy atom. The first kappa shape index (κ1) is 47.7. The van der Waals surface area contributed by atoms with Crippen LogP contribution in [0.4, 0.5) is 0 Å². The maximum atomic E-state index is 12.7. The minimum Gasteiger partial charge on any atom is -0.387 e. The van der Waals surface area contributed by atoms with E-state index in [9.17, 15) is 19.4 Å². The van der Waals surface area contributed by atoms with Crippen LogP contribution in [0.25, 0.3) is 0 Å². The third kappa shape index (κ3) is 34.9. The van der Waals surface area contributed by atoms with Gasteiger partial charge in [-0.05, 0) is 44.9 Å². The van der Waals surface area contributed by atoms with Crippen LogP contribution in [0, 0.1) is 0 Å². The summed E-state index contributed by atoms with van der Waals surface area (Å²) in [6, 6.07) is -0.889. The fraction of sp³-hybridized carbons (Fsp3) is 0.825. The van der Waals surface area contributed by atoms with Gasteiger partial charge in [-0.2, -0.15) is 0 Å². The Bertz CT molecular complexity index is 866. The number of nitrogens with one attached hydrogen (secondary N) is 1. The first-order valence-corrected chi connectivity index (χ1v) is 21.6. The quantitative estimate of drug-likeness (QED) is 0.0218. The van der Waals surface area contributed by atoms with Gasteiger partial charge in [-0.3, -0.25) is 13.8 Å². The van der Waals surface area contributed by atoms with Gasteiger partial charge >= 0.3 is 7.82 Å². The van der Waals surface area contributed by atoms with Crippen molar-refractivity contribution in [2.75, 3.05) is 19.8 Å². The highest BCUT2D eigenvalue weighted by molar-refractivity contribution is 7.47. The molecule has 0 aliphatic rings. The molecule has 1 unspecified atom stereocenters. The summed E-state index contributed by atoms with van der Waals surface area (Å²) in [5, 5.41) is 13.5. The minimum atomic E-state index is -4.34. The van der Waals surface area contributed by atoms with Crippen molar-refractivity contribution in [2.24, 2.45) is 5.73 Å². The fourth-order valence-corrected chi connectivity index (χ4v) is 6.41. The van der Waals surface area contributed by atoms with Gasteiger partial charge in [0.05, 0.1) is 25.4 Å². The van der Waals surface area contributed by atoms with Gasteiger partial charge < -0.3 is 21.1 Å². The predicted octanol–water partition coefficient (Wildman–Crippen LogP) is 10.8. The minimum absolute atomic E-state index is 0.0715. The zero-order valence-electron chi connectivity index (χ0n) is 31.7. The van der Waals surface area contributed by atoms with Crippen molar-refractivity contribution in [1.29, 1.82) is 0 Å². The number of nitrogens with two attached hydrogens (primary N) is 1. The molecular weight excluding hydrogens is 635 g/mol. The summed E-state index contributed by atoms with van der Waals surface area (Å²) in [6.07, 6.45) is 42.2.